The lowest BCUT2D eigenvalue weighted by atomic mass is 10.2. The van der Waals surface area contributed by atoms with Gasteiger partial charge >= 0.3 is 0 Å². The predicted molar refractivity (Wildman–Crippen MR) is 161 cm³/mol. The third kappa shape index (κ3) is 6.56. The maximum absolute atomic E-state index is 12.3. The number of benzene rings is 2. The van der Waals surface area contributed by atoms with Gasteiger partial charge in [0.05, 0.1) is 35.4 Å². The quantitative estimate of drug-likeness (QED) is 0.259. The Kier molecular flexibility index (Phi) is 8.97. The van der Waals surface area contributed by atoms with Crippen LogP contribution in [0.3, 0.4) is 0 Å². The van der Waals surface area contributed by atoms with E-state index in [0.29, 0.717) is 35.4 Å². The van der Waals surface area contributed by atoms with Gasteiger partial charge in [0, 0.05) is 50.4 Å². The second-order valence-electron chi connectivity index (χ2n) is 9.96. The van der Waals surface area contributed by atoms with Gasteiger partial charge in [-0.25, -0.2) is 9.67 Å². The highest BCUT2D eigenvalue weighted by Gasteiger charge is 2.18. The smallest absolute Gasteiger partial charge is 0.247 e. The van der Waals surface area contributed by atoms with Crippen molar-refractivity contribution in [2.24, 2.45) is 0 Å². The second kappa shape index (κ2) is 12.6. The van der Waals surface area contributed by atoms with Gasteiger partial charge in [-0.05, 0) is 46.4 Å². The van der Waals surface area contributed by atoms with E-state index in [-0.39, 0.29) is 5.91 Å². The van der Waals surface area contributed by atoms with Crippen molar-refractivity contribution >= 4 is 39.8 Å². The summed E-state index contributed by atoms with van der Waals surface area (Å²) in [7, 11) is 11.7. The lowest BCUT2D eigenvalue weighted by molar-refractivity contribution is -0.111. The molecule has 11 heteroatoms. The minimum Gasteiger partial charge on any atom is -0.494 e. The molecule has 0 aliphatic carbocycles. The third-order valence-corrected chi connectivity index (χ3v) is 6.29. The number of nitrogens with zero attached hydrogens (tertiary/aromatic N) is 7. The summed E-state index contributed by atoms with van der Waals surface area (Å²) in [4.78, 5) is 27.7. The Morgan fingerprint density at radius 2 is 1.82 bits per heavy atom. The average Bonchev–Trinajstić information content (AvgIpc) is 3.29. The molecule has 4 rings (SSSR count). The van der Waals surface area contributed by atoms with Gasteiger partial charge in [0.15, 0.2) is 5.82 Å². The lowest BCUT2D eigenvalue weighted by Crippen LogP contribution is -2.29. The molecule has 0 unspecified atom stereocenters. The molecule has 0 fully saturated rings. The molecule has 2 aromatic carbocycles. The number of amides is 1. The molecule has 11 nitrogen and oxygen atoms in total. The van der Waals surface area contributed by atoms with Crippen molar-refractivity contribution in [1.82, 2.24) is 29.5 Å². The fraction of sp³-hybridized carbons (Fsp3) is 0.310. The highest BCUT2D eigenvalue weighted by Crippen LogP contribution is 2.38. The molecule has 0 radical (unpaired) electrons. The first-order chi connectivity index (χ1) is 19.2. The van der Waals surface area contributed by atoms with Crippen molar-refractivity contribution in [3.8, 4) is 11.6 Å². The van der Waals surface area contributed by atoms with E-state index < -0.39 is 0 Å². The number of rotatable bonds is 12. The number of hydrogen-bond donors (Lipinski definition) is 2. The summed E-state index contributed by atoms with van der Waals surface area (Å²) < 4.78 is 7.55. The number of hydrogen-bond acceptors (Lipinski definition) is 9. The number of fused-ring (bicyclic) bond motifs is 1. The fourth-order valence-corrected chi connectivity index (χ4v) is 4.28. The monoisotopic (exact) mass is 543 g/mol. The van der Waals surface area contributed by atoms with Crippen LogP contribution < -0.4 is 20.3 Å². The van der Waals surface area contributed by atoms with Gasteiger partial charge in [-0.1, -0.05) is 24.8 Å². The third-order valence-electron chi connectivity index (χ3n) is 6.29. The fourth-order valence-electron chi connectivity index (χ4n) is 4.28. The van der Waals surface area contributed by atoms with E-state index in [9.17, 15) is 4.79 Å². The number of nitrogens with one attached hydrogen (secondary N) is 2. The SMILES string of the molecule is C=CC(=O)Nc1cc(Nc2nccc(-n3nc(CN(C)C)c4ccccc43)n2)c(OC)cc1N(C)CCN(C)C. The molecule has 210 valence electrons. The molecule has 1 amide bonds. The normalized spacial score (nSPS) is 11.2. The van der Waals surface area contributed by atoms with Gasteiger partial charge in [0.25, 0.3) is 0 Å². The number of carbonyl (C=O) groups is 1. The van der Waals surface area contributed by atoms with Gasteiger partial charge in [0.2, 0.25) is 11.9 Å². The van der Waals surface area contributed by atoms with E-state index >= 15 is 0 Å². The van der Waals surface area contributed by atoms with Crippen LogP contribution in [0.25, 0.3) is 16.7 Å². The Labute approximate surface area is 235 Å². The van der Waals surface area contributed by atoms with E-state index in [1.165, 1.54) is 6.08 Å². The van der Waals surface area contributed by atoms with E-state index in [1.807, 2.05) is 76.3 Å². The molecule has 0 atom stereocenters. The minimum absolute atomic E-state index is 0.310. The molecular weight excluding hydrogens is 506 g/mol. The van der Waals surface area contributed by atoms with Crippen molar-refractivity contribution in [1.29, 1.82) is 0 Å². The number of carbonyl (C=O) groups excluding carboxylic acids is 1. The number of para-hydroxylation sites is 1. The van der Waals surface area contributed by atoms with Gasteiger partial charge < -0.3 is 30.1 Å². The summed E-state index contributed by atoms with van der Waals surface area (Å²) in [6.07, 6.45) is 2.93. The summed E-state index contributed by atoms with van der Waals surface area (Å²) in [6, 6.07) is 13.6. The van der Waals surface area contributed by atoms with Crippen LogP contribution in [0.4, 0.5) is 23.0 Å². The lowest BCUT2D eigenvalue weighted by Gasteiger charge is -2.26. The van der Waals surface area contributed by atoms with Gasteiger partial charge in [-0.2, -0.15) is 10.1 Å². The van der Waals surface area contributed by atoms with Crippen molar-refractivity contribution in [2.45, 2.75) is 6.54 Å². The van der Waals surface area contributed by atoms with Crippen LogP contribution >= 0.6 is 0 Å². The number of anilines is 4. The van der Waals surface area contributed by atoms with Crippen molar-refractivity contribution < 1.29 is 9.53 Å². The molecular formula is C29H37N9O2. The second-order valence-corrected chi connectivity index (χ2v) is 9.96. The summed E-state index contributed by atoms with van der Waals surface area (Å²) in [5.41, 5.74) is 3.94. The molecule has 0 saturated carbocycles. The van der Waals surface area contributed by atoms with Crippen LogP contribution in [-0.2, 0) is 11.3 Å². The Balaban J connectivity index is 1.71. The van der Waals surface area contributed by atoms with Crippen LogP contribution in [0.2, 0.25) is 0 Å². The summed E-state index contributed by atoms with van der Waals surface area (Å²) in [5, 5.41) is 12.1. The zero-order valence-corrected chi connectivity index (χ0v) is 24.0. The molecule has 2 heterocycles. The summed E-state index contributed by atoms with van der Waals surface area (Å²) in [5.74, 6) is 1.25. The van der Waals surface area contributed by atoms with Crippen LogP contribution in [0, 0.1) is 0 Å². The minimum atomic E-state index is -0.310. The zero-order valence-electron chi connectivity index (χ0n) is 24.0. The van der Waals surface area contributed by atoms with Crippen LogP contribution in [-0.4, -0.2) is 90.9 Å². The molecule has 0 aliphatic rings. The number of likely N-dealkylation sites (N-methyl/N-ethyl adjacent to an activating group) is 2. The van der Waals surface area contributed by atoms with E-state index in [1.54, 1.807) is 13.3 Å². The molecule has 2 N–H and O–H groups in total. The van der Waals surface area contributed by atoms with Crippen molar-refractivity contribution in [3.05, 3.63) is 67.0 Å². The molecule has 40 heavy (non-hydrogen) atoms. The first-order valence-electron chi connectivity index (χ1n) is 12.9. The van der Waals surface area contributed by atoms with Gasteiger partial charge in [-0.15, -0.1) is 0 Å². The molecule has 2 aromatic heterocycles. The van der Waals surface area contributed by atoms with Gasteiger partial charge in [0.1, 0.15) is 5.75 Å². The zero-order chi connectivity index (χ0) is 28.8. The highest BCUT2D eigenvalue weighted by molar-refractivity contribution is 6.02. The number of ether oxygens (including phenoxy) is 1. The highest BCUT2D eigenvalue weighted by atomic mass is 16.5. The standard InChI is InChI=1S/C29H37N9O2/c1-8-28(39)31-21-17-22(26(40-7)18-25(21)37(6)16-15-35(2)3)32-29-30-14-13-27(33-29)38-24-12-10-9-11-20(24)23(34-38)19-36(4)5/h8-14,17-18H,1,15-16,19H2,2-7H3,(H,31,39)(H,30,32,33). The maximum atomic E-state index is 12.3. The first-order valence-corrected chi connectivity index (χ1v) is 12.9. The van der Waals surface area contributed by atoms with Crippen molar-refractivity contribution in [2.75, 3.05) is 71.0 Å². The topological polar surface area (TPSA) is 104 Å². The predicted octanol–water partition coefficient (Wildman–Crippen LogP) is 3.75. The maximum Gasteiger partial charge on any atom is 0.247 e. The largest absolute Gasteiger partial charge is 0.494 e. The molecule has 0 aliphatic heterocycles. The summed E-state index contributed by atoms with van der Waals surface area (Å²) in [6.45, 7) is 5.88. The Morgan fingerprint density at radius 3 is 2.52 bits per heavy atom. The average molecular weight is 544 g/mol. The van der Waals surface area contributed by atoms with E-state index in [4.69, 9.17) is 14.8 Å². The molecule has 4 aromatic rings. The molecule has 0 bridgehead atoms. The van der Waals surface area contributed by atoms with E-state index in [0.717, 1.165) is 35.4 Å². The Bertz CT molecular complexity index is 1500. The Morgan fingerprint density at radius 1 is 1.05 bits per heavy atom. The molecule has 0 spiro atoms. The van der Waals surface area contributed by atoms with Gasteiger partial charge in [-0.3, -0.25) is 4.79 Å². The number of aromatic nitrogens is 4. The summed E-state index contributed by atoms with van der Waals surface area (Å²) >= 11 is 0. The Hall–Kier alpha value is -4.48. The van der Waals surface area contributed by atoms with E-state index in [2.05, 4.69) is 43.0 Å². The van der Waals surface area contributed by atoms with Crippen LogP contribution in [0.1, 0.15) is 5.69 Å². The number of methoxy groups -OCH3 is 1. The van der Waals surface area contributed by atoms with Crippen LogP contribution in [0.5, 0.6) is 5.75 Å². The van der Waals surface area contributed by atoms with Crippen LogP contribution in [0.15, 0.2) is 61.3 Å². The van der Waals surface area contributed by atoms with Crippen molar-refractivity contribution in [3.63, 3.8) is 0 Å². The molecule has 0 saturated heterocycles. The first kappa shape index (κ1) is 28.5.